The summed E-state index contributed by atoms with van der Waals surface area (Å²) in [6.45, 7) is 1.70. The minimum atomic E-state index is 0.154. The average Bonchev–Trinajstić information content (AvgIpc) is 2.62. The Kier molecular flexibility index (Phi) is 4.96. The molecule has 0 saturated carbocycles. The van der Waals surface area contributed by atoms with Crippen LogP contribution in [0, 0.1) is 5.92 Å². The Bertz CT molecular complexity index is 654. The lowest BCUT2D eigenvalue weighted by atomic mass is 9.91. The Labute approximate surface area is 137 Å². The van der Waals surface area contributed by atoms with E-state index >= 15 is 0 Å². The smallest absolute Gasteiger partial charge is 0.253 e. The number of rotatable bonds is 4. The van der Waals surface area contributed by atoms with E-state index in [0.717, 1.165) is 37.2 Å². The molecule has 1 aliphatic heterocycles. The molecule has 1 heterocycles. The van der Waals surface area contributed by atoms with Crippen LogP contribution in [0.4, 0.5) is 0 Å². The van der Waals surface area contributed by atoms with Gasteiger partial charge in [-0.25, -0.2) is 0 Å². The van der Waals surface area contributed by atoms with Crippen LogP contribution in [-0.4, -0.2) is 31.0 Å². The number of hydrogen-bond donors (Lipinski definition) is 0. The second-order valence-electron chi connectivity index (χ2n) is 6.18. The van der Waals surface area contributed by atoms with Crippen molar-refractivity contribution in [2.24, 2.45) is 5.92 Å². The molecule has 1 aliphatic rings. The molecule has 2 aromatic rings. The number of benzene rings is 2. The van der Waals surface area contributed by atoms with Gasteiger partial charge in [0.1, 0.15) is 5.75 Å². The fraction of sp³-hybridized carbons (Fsp3) is 0.350. The molecule has 0 aromatic heterocycles. The third-order valence-electron chi connectivity index (χ3n) is 4.49. The molecule has 2 aromatic carbocycles. The van der Waals surface area contributed by atoms with E-state index in [0.29, 0.717) is 5.92 Å². The number of ether oxygens (including phenoxy) is 1. The fourth-order valence-corrected chi connectivity index (χ4v) is 3.31. The number of amides is 1. The summed E-state index contributed by atoms with van der Waals surface area (Å²) in [7, 11) is 1.69. The van der Waals surface area contributed by atoms with Crippen LogP contribution in [0.1, 0.15) is 28.8 Å². The lowest BCUT2D eigenvalue weighted by Gasteiger charge is -2.33. The molecular formula is C20H23NO2. The summed E-state index contributed by atoms with van der Waals surface area (Å²) in [5.74, 6) is 1.57. The highest BCUT2D eigenvalue weighted by molar-refractivity contribution is 5.94. The first-order valence-electron chi connectivity index (χ1n) is 8.23. The standard InChI is InChI=1S/C20H23NO2/c1-23-19-11-5-7-16(14-19)13-17-8-6-12-21(15-17)20(22)18-9-3-2-4-10-18/h2-5,7,9-11,14,17H,6,8,12-13,15H2,1H3. The highest BCUT2D eigenvalue weighted by Crippen LogP contribution is 2.24. The number of methoxy groups -OCH3 is 1. The first-order valence-corrected chi connectivity index (χ1v) is 8.23. The van der Waals surface area contributed by atoms with Gasteiger partial charge in [0.05, 0.1) is 7.11 Å². The Morgan fingerprint density at radius 2 is 2.00 bits per heavy atom. The molecule has 1 saturated heterocycles. The minimum Gasteiger partial charge on any atom is -0.497 e. The molecule has 0 N–H and O–H groups in total. The van der Waals surface area contributed by atoms with Gasteiger partial charge < -0.3 is 9.64 Å². The van der Waals surface area contributed by atoms with Crippen molar-refractivity contribution in [3.05, 3.63) is 65.7 Å². The van der Waals surface area contributed by atoms with Crippen molar-refractivity contribution in [1.82, 2.24) is 4.90 Å². The normalized spacial score (nSPS) is 17.8. The molecule has 120 valence electrons. The van der Waals surface area contributed by atoms with E-state index in [1.165, 1.54) is 12.0 Å². The second kappa shape index (κ2) is 7.32. The first kappa shape index (κ1) is 15.6. The van der Waals surface area contributed by atoms with Crippen molar-refractivity contribution in [1.29, 1.82) is 0 Å². The number of nitrogens with zero attached hydrogens (tertiary/aromatic N) is 1. The molecule has 0 spiro atoms. The van der Waals surface area contributed by atoms with Crippen LogP contribution in [0.2, 0.25) is 0 Å². The van der Waals surface area contributed by atoms with Crippen molar-refractivity contribution in [2.45, 2.75) is 19.3 Å². The van der Waals surface area contributed by atoms with E-state index < -0.39 is 0 Å². The zero-order valence-corrected chi connectivity index (χ0v) is 13.6. The van der Waals surface area contributed by atoms with Crippen LogP contribution in [0.25, 0.3) is 0 Å². The van der Waals surface area contributed by atoms with E-state index in [2.05, 4.69) is 12.1 Å². The van der Waals surface area contributed by atoms with Gasteiger partial charge in [-0.15, -0.1) is 0 Å². The highest BCUT2D eigenvalue weighted by Gasteiger charge is 2.24. The summed E-state index contributed by atoms with van der Waals surface area (Å²) in [6, 6.07) is 17.8. The van der Waals surface area contributed by atoms with Gasteiger partial charge >= 0.3 is 0 Å². The van der Waals surface area contributed by atoms with Gasteiger partial charge in [0, 0.05) is 18.7 Å². The van der Waals surface area contributed by atoms with Crippen LogP contribution in [0.3, 0.4) is 0 Å². The van der Waals surface area contributed by atoms with Crippen LogP contribution >= 0.6 is 0 Å². The zero-order chi connectivity index (χ0) is 16.1. The van der Waals surface area contributed by atoms with Gasteiger partial charge in [-0.05, 0) is 55.0 Å². The van der Waals surface area contributed by atoms with Crippen LogP contribution in [-0.2, 0) is 6.42 Å². The molecular weight excluding hydrogens is 286 g/mol. The second-order valence-corrected chi connectivity index (χ2v) is 6.18. The summed E-state index contributed by atoms with van der Waals surface area (Å²) in [4.78, 5) is 14.6. The summed E-state index contributed by atoms with van der Waals surface area (Å²) < 4.78 is 5.30. The summed E-state index contributed by atoms with van der Waals surface area (Å²) >= 11 is 0. The molecule has 3 heteroatoms. The minimum absolute atomic E-state index is 0.154. The molecule has 3 rings (SSSR count). The van der Waals surface area contributed by atoms with Crippen molar-refractivity contribution in [3.63, 3.8) is 0 Å². The molecule has 1 amide bonds. The molecule has 1 fully saturated rings. The predicted molar refractivity (Wildman–Crippen MR) is 91.8 cm³/mol. The van der Waals surface area contributed by atoms with Gasteiger partial charge in [0.25, 0.3) is 5.91 Å². The fourth-order valence-electron chi connectivity index (χ4n) is 3.31. The lowest BCUT2D eigenvalue weighted by molar-refractivity contribution is 0.0673. The highest BCUT2D eigenvalue weighted by atomic mass is 16.5. The third kappa shape index (κ3) is 3.92. The number of likely N-dealkylation sites (tertiary alicyclic amines) is 1. The van der Waals surface area contributed by atoms with Crippen molar-refractivity contribution < 1.29 is 9.53 Å². The molecule has 0 aliphatic carbocycles. The molecule has 0 bridgehead atoms. The monoisotopic (exact) mass is 309 g/mol. The molecule has 1 unspecified atom stereocenters. The third-order valence-corrected chi connectivity index (χ3v) is 4.49. The average molecular weight is 309 g/mol. The Morgan fingerprint density at radius 3 is 2.78 bits per heavy atom. The topological polar surface area (TPSA) is 29.5 Å². The van der Waals surface area contributed by atoms with Gasteiger partial charge in [-0.2, -0.15) is 0 Å². The van der Waals surface area contributed by atoms with Gasteiger partial charge in [-0.1, -0.05) is 30.3 Å². The maximum absolute atomic E-state index is 12.6. The number of carbonyl (C=O) groups excluding carboxylic acids is 1. The molecule has 23 heavy (non-hydrogen) atoms. The maximum Gasteiger partial charge on any atom is 0.253 e. The van der Waals surface area contributed by atoms with Gasteiger partial charge in [0.2, 0.25) is 0 Å². The van der Waals surface area contributed by atoms with E-state index in [-0.39, 0.29) is 5.91 Å². The van der Waals surface area contributed by atoms with E-state index in [9.17, 15) is 4.79 Å². The molecule has 3 nitrogen and oxygen atoms in total. The summed E-state index contributed by atoms with van der Waals surface area (Å²) in [5, 5.41) is 0. The summed E-state index contributed by atoms with van der Waals surface area (Å²) in [5.41, 5.74) is 2.07. The largest absolute Gasteiger partial charge is 0.497 e. The number of hydrogen-bond acceptors (Lipinski definition) is 2. The Balaban J connectivity index is 1.65. The predicted octanol–water partition coefficient (Wildman–Crippen LogP) is 3.79. The quantitative estimate of drug-likeness (QED) is 0.860. The van der Waals surface area contributed by atoms with Crippen LogP contribution < -0.4 is 4.74 Å². The summed E-state index contributed by atoms with van der Waals surface area (Å²) in [6.07, 6.45) is 3.25. The maximum atomic E-state index is 12.6. The Hall–Kier alpha value is -2.29. The number of carbonyl (C=O) groups is 1. The van der Waals surface area contributed by atoms with E-state index in [1.54, 1.807) is 7.11 Å². The van der Waals surface area contributed by atoms with Crippen molar-refractivity contribution >= 4 is 5.91 Å². The van der Waals surface area contributed by atoms with Gasteiger partial charge in [-0.3, -0.25) is 4.79 Å². The molecule has 0 radical (unpaired) electrons. The van der Waals surface area contributed by atoms with Crippen molar-refractivity contribution in [3.8, 4) is 5.75 Å². The number of piperidine rings is 1. The lowest BCUT2D eigenvalue weighted by Crippen LogP contribution is -2.40. The van der Waals surface area contributed by atoms with Crippen molar-refractivity contribution in [2.75, 3.05) is 20.2 Å². The SMILES string of the molecule is COc1cccc(CC2CCCN(C(=O)c3ccccc3)C2)c1. The van der Waals surface area contributed by atoms with Crippen LogP contribution in [0.5, 0.6) is 5.75 Å². The zero-order valence-electron chi connectivity index (χ0n) is 13.6. The van der Waals surface area contributed by atoms with Gasteiger partial charge in [0.15, 0.2) is 0 Å². The van der Waals surface area contributed by atoms with E-state index in [4.69, 9.17) is 4.74 Å². The molecule has 1 atom stereocenters. The Morgan fingerprint density at radius 1 is 1.17 bits per heavy atom. The van der Waals surface area contributed by atoms with E-state index in [1.807, 2.05) is 47.4 Å². The van der Waals surface area contributed by atoms with Crippen LogP contribution in [0.15, 0.2) is 54.6 Å². The first-order chi connectivity index (χ1) is 11.3.